The number of rotatable bonds is 5. The molecule has 0 spiro atoms. The van der Waals surface area contributed by atoms with E-state index in [9.17, 15) is 4.79 Å². The van der Waals surface area contributed by atoms with Gasteiger partial charge in [-0.1, -0.05) is 0 Å². The van der Waals surface area contributed by atoms with Gasteiger partial charge in [-0.2, -0.15) is 0 Å². The Balaban J connectivity index is 2.06. The van der Waals surface area contributed by atoms with Gasteiger partial charge in [0.05, 0.1) is 6.54 Å². The molecule has 0 radical (unpaired) electrons. The summed E-state index contributed by atoms with van der Waals surface area (Å²) in [6.45, 7) is 4.98. The summed E-state index contributed by atoms with van der Waals surface area (Å²) < 4.78 is 0. The van der Waals surface area contributed by atoms with Crippen molar-refractivity contribution in [2.24, 2.45) is 0 Å². The molecule has 1 rings (SSSR count). The molecule has 0 aromatic heterocycles. The van der Waals surface area contributed by atoms with E-state index in [-0.39, 0.29) is 12.5 Å². The van der Waals surface area contributed by atoms with Gasteiger partial charge < -0.3 is 15.7 Å². The average molecular weight is 201 g/mol. The molecule has 14 heavy (non-hydrogen) atoms. The van der Waals surface area contributed by atoms with Gasteiger partial charge in [0.1, 0.15) is 0 Å². The Hall–Kier alpha value is -0.650. The molecule has 0 unspecified atom stereocenters. The lowest BCUT2D eigenvalue weighted by atomic mass is 10.3. The molecule has 0 aliphatic carbocycles. The Morgan fingerprint density at radius 3 is 2.79 bits per heavy atom. The number of nitrogens with one attached hydrogen (secondary N) is 2. The van der Waals surface area contributed by atoms with E-state index < -0.39 is 0 Å². The van der Waals surface area contributed by atoms with Gasteiger partial charge in [-0.3, -0.25) is 9.69 Å². The van der Waals surface area contributed by atoms with E-state index in [2.05, 4.69) is 15.5 Å². The molecule has 0 aromatic carbocycles. The van der Waals surface area contributed by atoms with Crippen LogP contribution in [0.4, 0.5) is 0 Å². The Labute approximate surface area is 84.5 Å². The van der Waals surface area contributed by atoms with Crippen molar-refractivity contribution < 1.29 is 9.90 Å². The second-order valence-corrected chi connectivity index (χ2v) is 3.45. The van der Waals surface area contributed by atoms with E-state index in [0.717, 1.165) is 26.2 Å². The van der Waals surface area contributed by atoms with Gasteiger partial charge in [0.15, 0.2) is 0 Å². The molecule has 1 aliphatic heterocycles. The third-order valence-electron chi connectivity index (χ3n) is 2.23. The second kappa shape index (κ2) is 6.75. The zero-order valence-electron chi connectivity index (χ0n) is 8.46. The molecule has 1 heterocycles. The lowest BCUT2D eigenvalue weighted by molar-refractivity contribution is -0.122. The van der Waals surface area contributed by atoms with Crippen LogP contribution in [0.15, 0.2) is 0 Å². The molecular formula is C9H19N3O2. The van der Waals surface area contributed by atoms with Gasteiger partial charge in [-0.05, 0) is 6.42 Å². The van der Waals surface area contributed by atoms with Crippen molar-refractivity contribution in [3.8, 4) is 0 Å². The van der Waals surface area contributed by atoms with Crippen LogP contribution < -0.4 is 10.6 Å². The molecule has 1 aliphatic rings. The maximum absolute atomic E-state index is 11.3. The number of piperazine rings is 1. The minimum Gasteiger partial charge on any atom is -0.396 e. The first-order valence-electron chi connectivity index (χ1n) is 5.13. The van der Waals surface area contributed by atoms with Crippen molar-refractivity contribution in [2.45, 2.75) is 6.42 Å². The van der Waals surface area contributed by atoms with Crippen molar-refractivity contribution >= 4 is 5.91 Å². The lowest BCUT2D eigenvalue weighted by Gasteiger charge is -2.26. The highest BCUT2D eigenvalue weighted by Crippen LogP contribution is 1.90. The minimum absolute atomic E-state index is 0.0559. The van der Waals surface area contributed by atoms with E-state index >= 15 is 0 Å². The van der Waals surface area contributed by atoms with Crippen LogP contribution in [0.1, 0.15) is 6.42 Å². The zero-order chi connectivity index (χ0) is 10.2. The molecular weight excluding hydrogens is 182 g/mol. The van der Waals surface area contributed by atoms with Crippen LogP contribution in [-0.4, -0.2) is 61.8 Å². The maximum Gasteiger partial charge on any atom is 0.234 e. The fourth-order valence-corrected chi connectivity index (χ4v) is 1.44. The summed E-state index contributed by atoms with van der Waals surface area (Å²) in [5.41, 5.74) is 0. The summed E-state index contributed by atoms with van der Waals surface area (Å²) in [4.78, 5) is 13.5. The van der Waals surface area contributed by atoms with Gasteiger partial charge in [-0.25, -0.2) is 0 Å². The van der Waals surface area contributed by atoms with Gasteiger partial charge >= 0.3 is 0 Å². The predicted octanol–water partition coefficient (Wildman–Crippen LogP) is -1.61. The van der Waals surface area contributed by atoms with Gasteiger partial charge in [0, 0.05) is 39.3 Å². The number of carbonyl (C=O) groups is 1. The maximum atomic E-state index is 11.3. The topological polar surface area (TPSA) is 64.6 Å². The highest BCUT2D eigenvalue weighted by molar-refractivity contribution is 5.77. The van der Waals surface area contributed by atoms with Gasteiger partial charge in [0.25, 0.3) is 0 Å². The summed E-state index contributed by atoms with van der Waals surface area (Å²) in [7, 11) is 0. The predicted molar refractivity (Wildman–Crippen MR) is 54.0 cm³/mol. The van der Waals surface area contributed by atoms with Crippen molar-refractivity contribution in [1.82, 2.24) is 15.5 Å². The van der Waals surface area contributed by atoms with Crippen LogP contribution in [-0.2, 0) is 4.79 Å². The summed E-state index contributed by atoms with van der Waals surface area (Å²) in [6.07, 6.45) is 0.632. The van der Waals surface area contributed by atoms with E-state index in [0.29, 0.717) is 19.5 Å². The molecule has 5 heteroatoms. The molecule has 0 atom stereocenters. The first kappa shape index (κ1) is 11.4. The normalized spacial score (nSPS) is 18.1. The Kier molecular flexibility index (Phi) is 5.51. The average Bonchev–Trinajstić information content (AvgIpc) is 2.20. The van der Waals surface area contributed by atoms with Crippen LogP contribution in [0.2, 0.25) is 0 Å². The van der Waals surface area contributed by atoms with Crippen molar-refractivity contribution in [3.63, 3.8) is 0 Å². The lowest BCUT2D eigenvalue weighted by Crippen LogP contribution is -2.47. The molecule has 0 bridgehead atoms. The fourth-order valence-electron chi connectivity index (χ4n) is 1.44. The molecule has 82 valence electrons. The SMILES string of the molecule is O=C(CN1CCNCC1)NCCCO. The summed E-state index contributed by atoms with van der Waals surface area (Å²) in [5.74, 6) is 0.0559. The molecule has 0 aromatic rings. The Morgan fingerprint density at radius 1 is 1.43 bits per heavy atom. The van der Waals surface area contributed by atoms with Crippen LogP contribution in [0, 0.1) is 0 Å². The van der Waals surface area contributed by atoms with Gasteiger partial charge in [0.2, 0.25) is 5.91 Å². The molecule has 1 amide bonds. The first-order chi connectivity index (χ1) is 6.83. The van der Waals surface area contributed by atoms with Crippen LogP contribution >= 0.6 is 0 Å². The third kappa shape index (κ3) is 4.55. The van der Waals surface area contributed by atoms with Crippen LogP contribution in [0.25, 0.3) is 0 Å². The number of aliphatic hydroxyl groups is 1. The largest absolute Gasteiger partial charge is 0.396 e. The minimum atomic E-state index is 0.0559. The summed E-state index contributed by atoms with van der Waals surface area (Å²) in [6, 6.07) is 0. The van der Waals surface area contributed by atoms with Crippen molar-refractivity contribution in [2.75, 3.05) is 45.9 Å². The Morgan fingerprint density at radius 2 is 2.14 bits per heavy atom. The van der Waals surface area contributed by atoms with E-state index in [1.165, 1.54) is 0 Å². The van der Waals surface area contributed by atoms with E-state index in [1.807, 2.05) is 0 Å². The third-order valence-corrected chi connectivity index (χ3v) is 2.23. The van der Waals surface area contributed by atoms with E-state index in [1.54, 1.807) is 0 Å². The van der Waals surface area contributed by atoms with Crippen LogP contribution in [0.5, 0.6) is 0 Å². The number of aliphatic hydroxyl groups excluding tert-OH is 1. The number of amides is 1. The Bertz CT molecular complexity index is 169. The fraction of sp³-hybridized carbons (Fsp3) is 0.889. The highest BCUT2D eigenvalue weighted by Gasteiger charge is 2.12. The highest BCUT2D eigenvalue weighted by atomic mass is 16.3. The molecule has 0 saturated carbocycles. The molecule has 1 fully saturated rings. The monoisotopic (exact) mass is 201 g/mol. The number of hydrogen-bond donors (Lipinski definition) is 3. The molecule has 3 N–H and O–H groups in total. The summed E-state index contributed by atoms with van der Waals surface area (Å²) >= 11 is 0. The standard InChI is InChI=1S/C9H19N3O2/c13-7-1-2-11-9(14)8-12-5-3-10-4-6-12/h10,13H,1-8H2,(H,11,14). The molecule has 1 saturated heterocycles. The quantitative estimate of drug-likeness (QED) is 0.468. The first-order valence-corrected chi connectivity index (χ1v) is 5.13. The number of carbonyl (C=O) groups excluding carboxylic acids is 1. The van der Waals surface area contributed by atoms with Crippen LogP contribution in [0.3, 0.4) is 0 Å². The zero-order valence-corrected chi connectivity index (χ0v) is 8.46. The van der Waals surface area contributed by atoms with Crippen molar-refractivity contribution in [3.05, 3.63) is 0 Å². The number of hydrogen-bond acceptors (Lipinski definition) is 4. The van der Waals surface area contributed by atoms with Gasteiger partial charge in [-0.15, -0.1) is 0 Å². The van der Waals surface area contributed by atoms with Crippen molar-refractivity contribution in [1.29, 1.82) is 0 Å². The van der Waals surface area contributed by atoms with E-state index in [4.69, 9.17) is 5.11 Å². The number of nitrogens with zero attached hydrogens (tertiary/aromatic N) is 1. The molecule has 5 nitrogen and oxygen atoms in total. The summed E-state index contributed by atoms with van der Waals surface area (Å²) in [5, 5.41) is 14.5. The smallest absolute Gasteiger partial charge is 0.234 e. The second-order valence-electron chi connectivity index (χ2n) is 3.45.